The van der Waals surface area contributed by atoms with E-state index >= 15 is 0 Å². The number of hydrogen-bond donors (Lipinski definition) is 1. The van der Waals surface area contributed by atoms with E-state index in [1.54, 1.807) is 0 Å². The maximum atomic E-state index is 12.2. The van der Waals surface area contributed by atoms with E-state index in [0.717, 1.165) is 48.9 Å². The molecule has 0 saturated heterocycles. The summed E-state index contributed by atoms with van der Waals surface area (Å²) in [7, 11) is 0. The predicted molar refractivity (Wildman–Crippen MR) is 96.5 cm³/mol. The summed E-state index contributed by atoms with van der Waals surface area (Å²) in [5.74, 6) is 4.89. The molecule has 4 fully saturated rings. The second-order valence-electron chi connectivity index (χ2n) is 10.3. The van der Waals surface area contributed by atoms with E-state index in [2.05, 4.69) is 13.8 Å². The third-order valence-electron chi connectivity index (χ3n) is 8.96. The molecule has 4 rings (SSSR count). The Balaban J connectivity index is 1.57. The van der Waals surface area contributed by atoms with Crippen LogP contribution in [0, 0.1) is 40.9 Å². The standard InChI is InChI=1S/C22H36O2/c1-14(23)19-8-9-20-18-7-6-15-13-21(2,24)11-4-5-16(15)17(18)10-12-22(19,20)3/h15-20,24H,4-13H2,1-3H3/t15-,16+,17-,18-,19-,20+,21-,22-/m1/s1. The number of hydrogen-bond acceptors (Lipinski definition) is 2. The van der Waals surface area contributed by atoms with Crippen molar-refractivity contribution in [3.05, 3.63) is 0 Å². The van der Waals surface area contributed by atoms with Gasteiger partial charge in [-0.2, -0.15) is 0 Å². The van der Waals surface area contributed by atoms with Crippen LogP contribution in [0.15, 0.2) is 0 Å². The normalized spacial score (nSPS) is 54.3. The van der Waals surface area contributed by atoms with Crippen molar-refractivity contribution in [2.45, 2.75) is 90.6 Å². The number of ketones is 1. The quantitative estimate of drug-likeness (QED) is 0.735. The minimum absolute atomic E-state index is 0.288. The fourth-order valence-electron chi connectivity index (χ4n) is 7.99. The van der Waals surface area contributed by atoms with Crippen LogP contribution < -0.4 is 0 Å². The summed E-state index contributed by atoms with van der Waals surface area (Å²) in [5, 5.41) is 10.6. The lowest BCUT2D eigenvalue weighted by Gasteiger charge is -2.54. The van der Waals surface area contributed by atoms with Crippen molar-refractivity contribution < 1.29 is 9.90 Å². The van der Waals surface area contributed by atoms with Gasteiger partial charge in [0.1, 0.15) is 5.78 Å². The number of rotatable bonds is 1. The van der Waals surface area contributed by atoms with Gasteiger partial charge in [-0.3, -0.25) is 4.79 Å². The molecule has 0 aliphatic heterocycles. The van der Waals surface area contributed by atoms with E-state index < -0.39 is 5.60 Å². The zero-order valence-electron chi connectivity index (χ0n) is 15.9. The first-order valence-electron chi connectivity index (χ1n) is 10.5. The third kappa shape index (κ3) is 2.59. The lowest BCUT2D eigenvalue weighted by Crippen LogP contribution is -2.48. The van der Waals surface area contributed by atoms with E-state index in [1.165, 1.54) is 44.9 Å². The average Bonchev–Trinajstić information content (AvgIpc) is 2.77. The van der Waals surface area contributed by atoms with Gasteiger partial charge in [0.05, 0.1) is 5.60 Å². The molecule has 0 radical (unpaired) electrons. The Labute approximate surface area is 147 Å². The van der Waals surface area contributed by atoms with E-state index in [4.69, 9.17) is 0 Å². The number of carbonyl (C=O) groups excluding carboxylic acids is 1. The van der Waals surface area contributed by atoms with Crippen LogP contribution in [0.1, 0.15) is 85.0 Å². The molecule has 0 bridgehead atoms. The van der Waals surface area contributed by atoms with Crippen molar-refractivity contribution in [3.63, 3.8) is 0 Å². The van der Waals surface area contributed by atoms with E-state index in [1.807, 2.05) is 6.92 Å². The van der Waals surface area contributed by atoms with Crippen molar-refractivity contribution in [3.8, 4) is 0 Å². The SMILES string of the molecule is CC(=O)[C@H]1CC[C@H]2[C@@H]3CC[C@@H]4C[C@](C)(O)CCC[C@@H]4[C@H]3CC[C@]12C. The molecule has 1 N–H and O–H groups in total. The average molecular weight is 333 g/mol. The van der Waals surface area contributed by atoms with Crippen LogP contribution in [0.5, 0.6) is 0 Å². The zero-order valence-corrected chi connectivity index (χ0v) is 15.9. The summed E-state index contributed by atoms with van der Waals surface area (Å²) in [6.07, 6.45) is 12.3. The van der Waals surface area contributed by atoms with Gasteiger partial charge in [-0.15, -0.1) is 0 Å². The maximum Gasteiger partial charge on any atom is 0.133 e. The van der Waals surface area contributed by atoms with Gasteiger partial charge in [-0.05, 0) is 107 Å². The predicted octanol–water partition coefficient (Wildman–Crippen LogP) is 4.99. The van der Waals surface area contributed by atoms with Crippen LogP contribution in [0.4, 0.5) is 0 Å². The summed E-state index contributed by atoms with van der Waals surface area (Å²) in [5.41, 5.74) is -0.140. The van der Waals surface area contributed by atoms with E-state index in [0.29, 0.717) is 11.7 Å². The molecule has 0 aromatic heterocycles. The maximum absolute atomic E-state index is 12.2. The molecular formula is C22H36O2. The molecule has 4 aliphatic rings. The van der Waals surface area contributed by atoms with Crippen LogP contribution in [0.2, 0.25) is 0 Å². The number of fused-ring (bicyclic) bond motifs is 5. The Hall–Kier alpha value is -0.370. The first-order valence-corrected chi connectivity index (χ1v) is 10.5. The van der Waals surface area contributed by atoms with Crippen molar-refractivity contribution in [1.29, 1.82) is 0 Å². The second kappa shape index (κ2) is 5.83. The fourth-order valence-corrected chi connectivity index (χ4v) is 7.99. The molecule has 4 aliphatic carbocycles. The molecule has 2 nitrogen and oxygen atoms in total. The summed E-state index contributed by atoms with van der Waals surface area (Å²) in [6.45, 7) is 6.33. The Kier molecular flexibility index (Phi) is 4.14. The molecule has 8 atom stereocenters. The molecule has 0 amide bonds. The van der Waals surface area contributed by atoms with Gasteiger partial charge in [0.15, 0.2) is 0 Å². The monoisotopic (exact) mass is 332 g/mol. The largest absolute Gasteiger partial charge is 0.390 e. The number of Topliss-reactive ketones (excluding diaryl/α,β-unsaturated/α-hetero) is 1. The first kappa shape index (κ1) is 17.1. The zero-order chi connectivity index (χ0) is 17.1. The van der Waals surface area contributed by atoms with Crippen LogP contribution in [0.25, 0.3) is 0 Å². The molecule has 2 heteroatoms. The molecule has 0 unspecified atom stereocenters. The summed E-state index contributed by atoms with van der Waals surface area (Å²) in [4.78, 5) is 12.2. The van der Waals surface area contributed by atoms with Crippen LogP contribution in [0.3, 0.4) is 0 Å². The topological polar surface area (TPSA) is 37.3 Å². The lowest BCUT2D eigenvalue weighted by atomic mass is 9.50. The lowest BCUT2D eigenvalue weighted by molar-refractivity contribution is -0.128. The summed E-state index contributed by atoms with van der Waals surface area (Å²) in [6, 6.07) is 0. The highest BCUT2D eigenvalue weighted by atomic mass is 16.3. The van der Waals surface area contributed by atoms with Gasteiger partial charge < -0.3 is 5.11 Å². The van der Waals surface area contributed by atoms with Crippen molar-refractivity contribution >= 4 is 5.78 Å². The van der Waals surface area contributed by atoms with Crippen LogP contribution in [-0.2, 0) is 4.79 Å². The Bertz CT molecular complexity index is 510. The van der Waals surface area contributed by atoms with Gasteiger partial charge in [-0.25, -0.2) is 0 Å². The highest BCUT2D eigenvalue weighted by Crippen LogP contribution is 2.64. The van der Waals surface area contributed by atoms with Gasteiger partial charge in [-0.1, -0.05) is 13.3 Å². The van der Waals surface area contributed by atoms with Gasteiger partial charge in [0.25, 0.3) is 0 Å². The van der Waals surface area contributed by atoms with Crippen LogP contribution >= 0.6 is 0 Å². The minimum atomic E-state index is -0.428. The smallest absolute Gasteiger partial charge is 0.133 e. The molecule has 136 valence electrons. The van der Waals surface area contributed by atoms with E-state index in [-0.39, 0.29) is 5.41 Å². The Morgan fingerprint density at radius 1 is 0.917 bits per heavy atom. The Morgan fingerprint density at radius 3 is 2.46 bits per heavy atom. The fraction of sp³-hybridized carbons (Fsp3) is 0.955. The second-order valence-corrected chi connectivity index (χ2v) is 10.3. The summed E-state index contributed by atoms with van der Waals surface area (Å²) >= 11 is 0. The Morgan fingerprint density at radius 2 is 1.71 bits per heavy atom. The van der Waals surface area contributed by atoms with Gasteiger partial charge in [0, 0.05) is 5.92 Å². The molecular weight excluding hydrogens is 296 g/mol. The number of carbonyl (C=O) groups is 1. The van der Waals surface area contributed by atoms with Gasteiger partial charge in [0.2, 0.25) is 0 Å². The molecule has 4 saturated carbocycles. The van der Waals surface area contributed by atoms with E-state index in [9.17, 15) is 9.90 Å². The first-order chi connectivity index (χ1) is 11.3. The highest BCUT2D eigenvalue weighted by molar-refractivity contribution is 5.79. The minimum Gasteiger partial charge on any atom is -0.390 e. The van der Waals surface area contributed by atoms with Crippen molar-refractivity contribution in [2.75, 3.05) is 0 Å². The third-order valence-corrected chi connectivity index (χ3v) is 8.96. The van der Waals surface area contributed by atoms with Gasteiger partial charge >= 0.3 is 0 Å². The molecule has 0 aromatic carbocycles. The molecule has 0 spiro atoms. The number of aliphatic hydroxyl groups is 1. The summed E-state index contributed by atoms with van der Waals surface area (Å²) < 4.78 is 0. The van der Waals surface area contributed by atoms with Crippen molar-refractivity contribution in [2.24, 2.45) is 40.9 Å². The molecule has 0 heterocycles. The highest BCUT2D eigenvalue weighted by Gasteiger charge is 2.57. The molecule has 24 heavy (non-hydrogen) atoms. The van der Waals surface area contributed by atoms with Crippen LogP contribution in [-0.4, -0.2) is 16.5 Å². The molecule has 0 aromatic rings. The van der Waals surface area contributed by atoms with Crippen molar-refractivity contribution in [1.82, 2.24) is 0 Å².